The van der Waals surface area contributed by atoms with Crippen molar-refractivity contribution in [3.05, 3.63) is 23.8 Å². The van der Waals surface area contributed by atoms with Crippen LogP contribution in [0.15, 0.2) is 18.2 Å². The molecule has 2 fully saturated rings. The molecule has 0 spiro atoms. The summed E-state index contributed by atoms with van der Waals surface area (Å²) < 4.78 is 11.1. The van der Waals surface area contributed by atoms with Crippen LogP contribution in [0.3, 0.4) is 0 Å². The number of ether oxygens (including phenoxy) is 2. The highest BCUT2D eigenvalue weighted by molar-refractivity contribution is 6.27. The van der Waals surface area contributed by atoms with Gasteiger partial charge in [-0.1, -0.05) is 6.07 Å². The third kappa shape index (κ3) is 4.00. The molecule has 27 heavy (non-hydrogen) atoms. The molecule has 2 aliphatic heterocycles. The Morgan fingerprint density at radius 3 is 2.52 bits per heavy atom. The monoisotopic (exact) mass is 392 g/mol. The van der Waals surface area contributed by atoms with E-state index in [-0.39, 0.29) is 23.2 Å². The van der Waals surface area contributed by atoms with E-state index < -0.39 is 0 Å². The number of carbonyl (C=O) groups is 2. The SMILES string of the molecule is O=C(CCl)NC1(C2CCN(C(=O)Cc3ccc4c(c3)OCCO4)CC2)CC1. The minimum absolute atomic E-state index is 0.00854. The fourth-order valence-electron chi connectivity index (χ4n) is 4.25. The van der Waals surface area contributed by atoms with Crippen LogP contribution in [0.1, 0.15) is 31.2 Å². The number of hydrogen-bond acceptors (Lipinski definition) is 4. The third-order valence-electron chi connectivity index (χ3n) is 5.89. The highest BCUT2D eigenvalue weighted by atomic mass is 35.5. The summed E-state index contributed by atoms with van der Waals surface area (Å²) >= 11 is 5.63. The van der Waals surface area contributed by atoms with Crippen LogP contribution in [0.25, 0.3) is 0 Å². The van der Waals surface area contributed by atoms with E-state index in [1.807, 2.05) is 23.1 Å². The van der Waals surface area contributed by atoms with Crippen LogP contribution < -0.4 is 14.8 Å². The number of piperidine rings is 1. The van der Waals surface area contributed by atoms with E-state index >= 15 is 0 Å². The summed E-state index contributed by atoms with van der Waals surface area (Å²) in [6.45, 7) is 2.59. The maximum Gasteiger partial charge on any atom is 0.235 e. The average molecular weight is 393 g/mol. The molecule has 4 rings (SSSR count). The Morgan fingerprint density at radius 2 is 1.85 bits per heavy atom. The number of amides is 2. The standard InChI is InChI=1S/C20H25ClN2O4/c21-13-18(24)22-20(5-6-20)15-3-7-23(8-4-15)19(25)12-14-1-2-16-17(11-14)27-10-9-26-16/h1-2,11,15H,3-10,12-13H2,(H,22,24). The second kappa shape index (κ2) is 7.58. The van der Waals surface area contributed by atoms with Crippen LogP contribution >= 0.6 is 11.6 Å². The van der Waals surface area contributed by atoms with Gasteiger partial charge in [-0.2, -0.15) is 0 Å². The van der Waals surface area contributed by atoms with E-state index in [0.717, 1.165) is 55.8 Å². The number of rotatable bonds is 5. The number of halogens is 1. The molecule has 1 aromatic rings. The van der Waals surface area contributed by atoms with Gasteiger partial charge < -0.3 is 19.7 Å². The van der Waals surface area contributed by atoms with E-state index in [2.05, 4.69) is 5.32 Å². The maximum atomic E-state index is 12.7. The van der Waals surface area contributed by atoms with Crippen LogP contribution in [0.5, 0.6) is 11.5 Å². The molecule has 1 saturated heterocycles. The molecule has 1 aromatic carbocycles. The molecule has 7 heteroatoms. The Labute approximate surface area is 164 Å². The van der Waals surface area contributed by atoms with Crippen molar-refractivity contribution in [2.24, 2.45) is 5.92 Å². The number of fused-ring (bicyclic) bond motifs is 1. The number of nitrogens with zero attached hydrogens (tertiary/aromatic N) is 1. The summed E-state index contributed by atoms with van der Waals surface area (Å²) in [6, 6.07) is 5.71. The van der Waals surface area contributed by atoms with Gasteiger partial charge in [0, 0.05) is 18.6 Å². The molecular weight excluding hydrogens is 368 g/mol. The van der Waals surface area contributed by atoms with E-state index in [1.54, 1.807) is 0 Å². The summed E-state index contributed by atoms with van der Waals surface area (Å²) in [6.07, 6.45) is 4.26. The van der Waals surface area contributed by atoms with Crippen LogP contribution in [-0.2, 0) is 16.0 Å². The van der Waals surface area contributed by atoms with Crippen molar-refractivity contribution in [3.63, 3.8) is 0 Å². The van der Waals surface area contributed by atoms with Gasteiger partial charge in [-0.25, -0.2) is 0 Å². The number of hydrogen-bond donors (Lipinski definition) is 1. The van der Waals surface area contributed by atoms with E-state index in [1.165, 1.54) is 0 Å². The largest absolute Gasteiger partial charge is 0.486 e. The van der Waals surface area contributed by atoms with E-state index in [0.29, 0.717) is 25.6 Å². The highest BCUT2D eigenvalue weighted by Crippen LogP contribution is 2.46. The smallest absolute Gasteiger partial charge is 0.235 e. The van der Waals surface area contributed by atoms with Gasteiger partial charge in [0.15, 0.2) is 11.5 Å². The Bertz CT molecular complexity index is 727. The molecule has 0 atom stereocenters. The lowest BCUT2D eigenvalue weighted by Crippen LogP contribution is -2.49. The molecule has 0 bridgehead atoms. The van der Waals surface area contributed by atoms with Crippen molar-refractivity contribution in [2.45, 2.75) is 37.6 Å². The first kappa shape index (κ1) is 18.4. The minimum atomic E-state index is -0.0914. The zero-order valence-electron chi connectivity index (χ0n) is 15.3. The predicted octanol–water partition coefficient (Wildman–Crippen LogP) is 2.13. The maximum absolute atomic E-state index is 12.7. The summed E-state index contributed by atoms with van der Waals surface area (Å²) in [7, 11) is 0. The van der Waals surface area contributed by atoms with Gasteiger partial charge in [-0.05, 0) is 49.3 Å². The number of alkyl halides is 1. The van der Waals surface area contributed by atoms with Crippen LogP contribution in [0.4, 0.5) is 0 Å². The molecule has 0 aromatic heterocycles. The lowest BCUT2D eigenvalue weighted by molar-refractivity contribution is -0.132. The Morgan fingerprint density at radius 1 is 1.15 bits per heavy atom. The highest BCUT2D eigenvalue weighted by Gasteiger charge is 2.50. The quantitative estimate of drug-likeness (QED) is 0.779. The molecular formula is C20H25ClN2O4. The molecule has 1 aliphatic carbocycles. The Hall–Kier alpha value is -1.95. The Kier molecular flexibility index (Phi) is 5.17. The first-order chi connectivity index (χ1) is 13.1. The minimum Gasteiger partial charge on any atom is -0.486 e. The van der Waals surface area contributed by atoms with Crippen LogP contribution in [0, 0.1) is 5.92 Å². The van der Waals surface area contributed by atoms with Gasteiger partial charge >= 0.3 is 0 Å². The molecule has 2 amide bonds. The fraction of sp³-hybridized carbons (Fsp3) is 0.600. The fourth-order valence-corrected chi connectivity index (χ4v) is 4.31. The number of likely N-dealkylation sites (tertiary alicyclic amines) is 1. The number of carbonyl (C=O) groups excluding carboxylic acids is 2. The normalized spacial score (nSPS) is 20.9. The first-order valence-electron chi connectivity index (χ1n) is 9.63. The van der Waals surface area contributed by atoms with Crippen molar-refractivity contribution < 1.29 is 19.1 Å². The Balaban J connectivity index is 1.31. The van der Waals surface area contributed by atoms with Gasteiger partial charge in [-0.3, -0.25) is 9.59 Å². The van der Waals surface area contributed by atoms with Gasteiger partial charge in [-0.15, -0.1) is 11.6 Å². The number of nitrogens with one attached hydrogen (secondary N) is 1. The topological polar surface area (TPSA) is 67.9 Å². The molecule has 1 saturated carbocycles. The number of benzene rings is 1. The van der Waals surface area contributed by atoms with Crippen molar-refractivity contribution in [3.8, 4) is 11.5 Å². The van der Waals surface area contributed by atoms with E-state index in [4.69, 9.17) is 21.1 Å². The second-order valence-electron chi connectivity index (χ2n) is 7.65. The lowest BCUT2D eigenvalue weighted by atomic mass is 9.87. The van der Waals surface area contributed by atoms with Crippen molar-refractivity contribution in [1.82, 2.24) is 10.2 Å². The molecule has 0 radical (unpaired) electrons. The zero-order valence-corrected chi connectivity index (χ0v) is 16.1. The second-order valence-corrected chi connectivity index (χ2v) is 7.92. The van der Waals surface area contributed by atoms with Crippen molar-refractivity contribution >= 4 is 23.4 Å². The summed E-state index contributed by atoms with van der Waals surface area (Å²) in [5.41, 5.74) is 0.871. The van der Waals surface area contributed by atoms with Crippen LogP contribution in [-0.4, -0.2) is 54.4 Å². The zero-order chi connectivity index (χ0) is 18.9. The van der Waals surface area contributed by atoms with Crippen molar-refractivity contribution in [2.75, 3.05) is 32.2 Å². The lowest BCUT2D eigenvalue weighted by Gasteiger charge is -2.37. The van der Waals surface area contributed by atoms with Gasteiger partial charge in [0.25, 0.3) is 0 Å². The molecule has 146 valence electrons. The van der Waals surface area contributed by atoms with E-state index in [9.17, 15) is 9.59 Å². The summed E-state index contributed by atoms with van der Waals surface area (Å²) in [4.78, 5) is 26.3. The summed E-state index contributed by atoms with van der Waals surface area (Å²) in [5.74, 6) is 1.95. The predicted molar refractivity (Wildman–Crippen MR) is 101 cm³/mol. The van der Waals surface area contributed by atoms with Gasteiger partial charge in [0.05, 0.1) is 6.42 Å². The molecule has 2 heterocycles. The van der Waals surface area contributed by atoms with Gasteiger partial charge in [0.2, 0.25) is 11.8 Å². The average Bonchev–Trinajstić information content (AvgIpc) is 3.48. The molecule has 6 nitrogen and oxygen atoms in total. The third-order valence-corrected chi connectivity index (χ3v) is 6.13. The molecule has 3 aliphatic rings. The molecule has 0 unspecified atom stereocenters. The van der Waals surface area contributed by atoms with Crippen molar-refractivity contribution in [1.29, 1.82) is 0 Å². The molecule has 1 N–H and O–H groups in total. The van der Waals surface area contributed by atoms with Gasteiger partial charge in [0.1, 0.15) is 19.1 Å². The summed E-state index contributed by atoms with van der Waals surface area (Å²) in [5, 5.41) is 3.10. The first-order valence-corrected chi connectivity index (χ1v) is 10.2. The van der Waals surface area contributed by atoms with Crippen LogP contribution in [0.2, 0.25) is 0 Å².